The molecule has 0 bridgehead atoms. The molecule has 0 amide bonds. The van der Waals surface area contributed by atoms with Crippen LogP contribution in [0.3, 0.4) is 0 Å². The zero-order valence-electron chi connectivity index (χ0n) is 19.1. The van der Waals surface area contributed by atoms with Crippen LogP contribution in [-0.4, -0.2) is 32.4 Å². The minimum absolute atomic E-state index is 0.102. The van der Waals surface area contributed by atoms with Gasteiger partial charge in [0, 0.05) is 13.1 Å². The van der Waals surface area contributed by atoms with E-state index >= 15 is 0 Å². The van der Waals surface area contributed by atoms with E-state index in [2.05, 4.69) is 17.0 Å². The van der Waals surface area contributed by atoms with Crippen LogP contribution in [0.2, 0.25) is 0 Å². The molecule has 0 saturated heterocycles. The van der Waals surface area contributed by atoms with Crippen LogP contribution < -0.4 is 24.4 Å². The van der Waals surface area contributed by atoms with Crippen LogP contribution in [0.4, 0.5) is 0 Å². The Balaban J connectivity index is 1.37. The molecule has 1 aromatic heterocycles. The molecule has 4 aromatic rings. The van der Waals surface area contributed by atoms with Crippen molar-refractivity contribution in [3.8, 4) is 28.7 Å². The van der Waals surface area contributed by atoms with Gasteiger partial charge in [-0.2, -0.15) is 0 Å². The lowest BCUT2D eigenvalue weighted by atomic mass is 10.1. The number of hydrogen-bond donors (Lipinski definition) is 0. The first-order valence-electron chi connectivity index (χ1n) is 11.0. The van der Waals surface area contributed by atoms with Gasteiger partial charge in [-0.1, -0.05) is 24.3 Å². The Morgan fingerprint density at radius 2 is 1.71 bits per heavy atom. The average Bonchev–Trinajstić information content (AvgIpc) is 2.89. The van der Waals surface area contributed by atoms with Crippen molar-refractivity contribution < 1.29 is 23.4 Å². The third-order valence-corrected chi connectivity index (χ3v) is 5.92. The fourth-order valence-electron chi connectivity index (χ4n) is 4.05. The van der Waals surface area contributed by atoms with Crippen LogP contribution in [0.25, 0.3) is 11.0 Å². The Labute approximate surface area is 197 Å². The highest BCUT2D eigenvalue weighted by molar-refractivity contribution is 5.83. The number of rotatable bonds is 7. The number of methoxy groups -OCH3 is 2. The van der Waals surface area contributed by atoms with Crippen molar-refractivity contribution in [3.05, 3.63) is 88.3 Å². The second-order valence-corrected chi connectivity index (χ2v) is 8.02. The topological polar surface area (TPSA) is 70.4 Å². The first-order valence-corrected chi connectivity index (χ1v) is 11.0. The molecule has 0 fully saturated rings. The van der Waals surface area contributed by atoms with Gasteiger partial charge in [0.2, 0.25) is 11.2 Å². The predicted octanol–water partition coefficient (Wildman–Crippen LogP) is 5.00. The van der Waals surface area contributed by atoms with Gasteiger partial charge < -0.3 is 23.4 Å². The van der Waals surface area contributed by atoms with Crippen molar-refractivity contribution in [1.29, 1.82) is 0 Å². The Morgan fingerprint density at radius 3 is 2.47 bits per heavy atom. The first-order chi connectivity index (χ1) is 16.7. The summed E-state index contributed by atoms with van der Waals surface area (Å²) in [5.74, 6) is 2.66. The molecule has 2 heterocycles. The van der Waals surface area contributed by atoms with Crippen LogP contribution in [0.5, 0.6) is 28.7 Å². The Morgan fingerprint density at radius 1 is 0.912 bits per heavy atom. The van der Waals surface area contributed by atoms with Crippen LogP contribution in [0.1, 0.15) is 11.1 Å². The molecule has 0 spiro atoms. The molecule has 3 aromatic carbocycles. The van der Waals surface area contributed by atoms with Gasteiger partial charge in [0.05, 0.1) is 25.2 Å². The molecule has 1 aliphatic rings. The van der Waals surface area contributed by atoms with Crippen molar-refractivity contribution in [2.45, 2.75) is 13.0 Å². The monoisotopic (exact) mass is 459 g/mol. The summed E-state index contributed by atoms with van der Waals surface area (Å²) in [5.41, 5.74) is 2.35. The third-order valence-electron chi connectivity index (χ3n) is 5.92. The largest absolute Gasteiger partial charge is 0.497 e. The van der Waals surface area contributed by atoms with Gasteiger partial charge in [0.15, 0.2) is 11.5 Å². The lowest BCUT2D eigenvalue weighted by Gasteiger charge is -2.29. The maximum Gasteiger partial charge on any atom is 0.235 e. The number of hydrogen-bond acceptors (Lipinski definition) is 7. The molecule has 0 atom stereocenters. The minimum atomic E-state index is -0.245. The molecule has 5 rings (SSSR count). The number of nitrogens with zero attached hydrogens (tertiary/aromatic N) is 1. The summed E-state index contributed by atoms with van der Waals surface area (Å²) in [6.45, 7) is 1.91. The number of para-hydroxylation sites is 2. The fraction of sp³-hybridized carbons (Fsp3) is 0.222. The summed E-state index contributed by atoms with van der Waals surface area (Å²) in [5, 5.41) is 0.451. The summed E-state index contributed by atoms with van der Waals surface area (Å²) in [6, 6.07) is 18.8. The Bertz CT molecular complexity index is 1360. The maximum atomic E-state index is 13.2. The van der Waals surface area contributed by atoms with Gasteiger partial charge in [-0.25, -0.2) is 0 Å². The highest BCUT2D eigenvalue weighted by Gasteiger charge is 2.23. The van der Waals surface area contributed by atoms with Gasteiger partial charge in [-0.3, -0.25) is 9.69 Å². The van der Waals surface area contributed by atoms with E-state index in [4.69, 9.17) is 23.4 Å². The van der Waals surface area contributed by atoms with Crippen LogP contribution in [0.15, 0.2) is 76.1 Å². The summed E-state index contributed by atoms with van der Waals surface area (Å²) < 4.78 is 28.2. The zero-order chi connectivity index (χ0) is 23.5. The second-order valence-electron chi connectivity index (χ2n) is 8.02. The third kappa shape index (κ3) is 4.30. The number of ether oxygens (including phenoxy) is 4. The average molecular weight is 459 g/mol. The summed E-state index contributed by atoms with van der Waals surface area (Å²) in [7, 11) is 3.21. The standard InChI is InChI=1S/C27H25NO6/c1-30-19-9-7-18(8-10-19)13-14-28-15-21-22(33-17-28)12-11-20-26(29)25(16-32-27(20)21)34-24-6-4-3-5-23(24)31-2/h3-12,16H,13-15,17H2,1-2H3. The molecule has 0 unspecified atom stereocenters. The molecule has 7 nitrogen and oxygen atoms in total. The molecule has 0 radical (unpaired) electrons. The van der Waals surface area contributed by atoms with E-state index in [0.29, 0.717) is 35.7 Å². The molecular formula is C27H25NO6. The van der Waals surface area contributed by atoms with Crippen molar-refractivity contribution in [3.63, 3.8) is 0 Å². The first kappa shape index (κ1) is 21.9. The van der Waals surface area contributed by atoms with E-state index in [1.807, 2.05) is 30.3 Å². The normalized spacial score (nSPS) is 13.2. The molecule has 0 saturated carbocycles. The molecule has 174 valence electrons. The lowest BCUT2D eigenvalue weighted by molar-refractivity contribution is 0.0968. The molecular weight excluding hydrogens is 434 g/mol. The van der Waals surface area contributed by atoms with Crippen molar-refractivity contribution in [1.82, 2.24) is 4.90 Å². The quantitative estimate of drug-likeness (QED) is 0.385. The fourth-order valence-corrected chi connectivity index (χ4v) is 4.05. The Hall–Kier alpha value is -3.97. The van der Waals surface area contributed by atoms with E-state index in [1.165, 1.54) is 11.8 Å². The Kier molecular flexibility index (Phi) is 6.10. The summed E-state index contributed by atoms with van der Waals surface area (Å²) >= 11 is 0. The molecule has 0 aliphatic carbocycles. The van der Waals surface area contributed by atoms with Gasteiger partial charge in [0.1, 0.15) is 30.1 Å². The minimum Gasteiger partial charge on any atom is -0.497 e. The van der Waals surface area contributed by atoms with E-state index in [-0.39, 0.29) is 11.2 Å². The van der Waals surface area contributed by atoms with Crippen molar-refractivity contribution >= 4 is 11.0 Å². The summed E-state index contributed by atoms with van der Waals surface area (Å²) in [6.07, 6.45) is 2.22. The maximum absolute atomic E-state index is 13.2. The zero-order valence-corrected chi connectivity index (χ0v) is 19.1. The van der Waals surface area contributed by atoms with E-state index in [1.54, 1.807) is 32.4 Å². The van der Waals surface area contributed by atoms with Gasteiger partial charge in [-0.05, 0) is 48.4 Å². The van der Waals surface area contributed by atoms with Crippen LogP contribution in [0, 0.1) is 0 Å². The second kappa shape index (κ2) is 9.49. The van der Waals surface area contributed by atoms with Crippen molar-refractivity contribution in [2.75, 3.05) is 27.5 Å². The SMILES string of the molecule is COc1ccc(CCN2COc3ccc4c(=O)c(Oc5ccccc5OC)coc4c3C2)cc1. The van der Waals surface area contributed by atoms with E-state index in [0.717, 1.165) is 30.0 Å². The van der Waals surface area contributed by atoms with Crippen LogP contribution >= 0.6 is 0 Å². The van der Waals surface area contributed by atoms with Gasteiger partial charge in [-0.15, -0.1) is 0 Å². The highest BCUT2D eigenvalue weighted by Crippen LogP contribution is 2.34. The van der Waals surface area contributed by atoms with Crippen LogP contribution in [-0.2, 0) is 13.0 Å². The van der Waals surface area contributed by atoms with Gasteiger partial charge >= 0.3 is 0 Å². The molecule has 7 heteroatoms. The van der Waals surface area contributed by atoms with E-state index in [9.17, 15) is 4.79 Å². The molecule has 1 aliphatic heterocycles. The highest BCUT2D eigenvalue weighted by atomic mass is 16.5. The number of benzene rings is 3. The lowest BCUT2D eigenvalue weighted by Crippen LogP contribution is -2.33. The summed E-state index contributed by atoms with van der Waals surface area (Å²) in [4.78, 5) is 15.4. The molecule has 34 heavy (non-hydrogen) atoms. The van der Waals surface area contributed by atoms with E-state index < -0.39 is 0 Å². The van der Waals surface area contributed by atoms with Crippen molar-refractivity contribution in [2.24, 2.45) is 0 Å². The van der Waals surface area contributed by atoms with Gasteiger partial charge in [0.25, 0.3) is 0 Å². The molecule has 0 N–H and O–H groups in total. The smallest absolute Gasteiger partial charge is 0.235 e. The number of fused-ring (bicyclic) bond motifs is 3. The predicted molar refractivity (Wildman–Crippen MR) is 128 cm³/mol.